The van der Waals surface area contributed by atoms with Gasteiger partial charge in [-0.1, -0.05) is 81.3 Å². The molecule has 0 bridgehead atoms. The molecule has 2 amide bonds. The van der Waals surface area contributed by atoms with E-state index in [4.69, 9.17) is 11.6 Å². The van der Waals surface area contributed by atoms with Crippen LogP contribution >= 0.6 is 11.6 Å². The maximum absolute atomic E-state index is 13.2. The van der Waals surface area contributed by atoms with Crippen LogP contribution in [0.2, 0.25) is 5.02 Å². The van der Waals surface area contributed by atoms with Crippen LogP contribution in [0.5, 0.6) is 0 Å². The van der Waals surface area contributed by atoms with Crippen molar-refractivity contribution in [2.45, 2.75) is 71.9 Å². The molecule has 168 valence electrons. The SMILES string of the molecule is CCCCNC(=O)[C@@H](C)N(Cc1ccccc1Cl)C(=O)CCc1ccc(C(C)C)cc1. The summed E-state index contributed by atoms with van der Waals surface area (Å²) in [6, 6.07) is 15.3. The van der Waals surface area contributed by atoms with Gasteiger partial charge in [0.1, 0.15) is 6.04 Å². The summed E-state index contributed by atoms with van der Waals surface area (Å²) < 4.78 is 0. The fraction of sp³-hybridized carbons (Fsp3) is 0.462. The first-order valence-corrected chi connectivity index (χ1v) is 11.6. The molecular formula is C26H35ClN2O2. The average molecular weight is 443 g/mol. The number of carbonyl (C=O) groups is 2. The maximum Gasteiger partial charge on any atom is 0.242 e. The van der Waals surface area contributed by atoms with E-state index in [0.29, 0.717) is 36.9 Å². The predicted molar refractivity (Wildman–Crippen MR) is 128 cm³/mol. The third-order valence-electron chi connectivity index (χ3n) is 5.57. The molecule has 5 heteroatoms. The number of amides is 2. The van der Waals surface area contributed by atoms with Gasteiger partial charge in [-0.3, -0.25) is 9.59 Å². The lowest BCUT2D eigenvalue weighted by Gasteiger charge is -2.29. The van der Waals surface area contributed by atoms with Gasteiger partial charge in [-0.2, -0.15) is 0 Å². The van der Waals surface area contributed by atoms with Crippen LogP contribution < -0.4 is 5.32 Å². The summed E-state index contributed by atoms with van der Waals surface area (Å²) in [5.74, 6) is 0.301. The second kappa shape index (κ2) is 12.5. The van der Waals surface area contributed by atoms with Crippen LogP contribution in [-0.4, -0.2) is 29.3 Å². The summed E-state index contributed by atoms with van der Waals surface area (Å²) >= 11 is 6.33. The van der Waals surface area contributed by atoms with E-state index in [1.807, 2.05) is 24.3 Å². The second-order valence-electron chi connectivity index (χ2n) is 8.33. The second-order valence-corrected chi connectivity index (χ2v) is 8.74. The summed E-state index contributed by atoms with van der Waals surface area (Å²) in [4.78, 5) is 27.5. The van der Waals surface area contributed by atoms with Crippen LogP contribution in [0.1, 0.15) is 69.6 Å². The fourth-order valence-corrected chi connectivity index (χ4v) is 3.59. The molecule has 0 radical (unpaired) electrons. The Labute approximate surface area is 192 Å². The van der Waals surface area contributed by atoms with E-state index >= 15 is 0 Å². The van der Waals surface area contributed by atoms with Gasteiger partial charge in [0, 0.05) is 24.5 Å². The maximum atomic E-state index is 13.2. The number of rotatable bonds is 11. The summed E-state index contributed by atoms with van der Waals surface area (Å²) in [5, 5.41) is 3.54. The van der Waals surface area contributed by atoms with Crippen LogP contribution in [-0.2, 0) is 22.6 Å². The Kier molecular flexibility index (Phi) is 10.1. The minimum absolute atomic E-state index is 0.0500. The largest absolute Gasteiger partial charge is 0.354 e. The molecule has 0 aliphatic rings. The Bertz CT molecular complexity index is 849. The monoisotopic (exact) mass is 442 g/mol. The molecule has 1 N–H and O–H groups in total. The molecule has 4 nitrogen and oxygen atoms in total. The van der Waals surface area contributed by atoms with Gasteiger partial charge in [0.2, 0.25) is 11.8 Å². The van der Waals surface area contributed by atoms with E-state index in [9.17, 15) is 9.59 Å². The number of aryl methyl sites for hydroxylation is 1. The fourth-order valence-electron chi connectivity index (χ4n) is 3.39. The molecule has 0 saturated heterocycles. The molecule has 2 aromatic carbocycles. The molecule has 0 aliphatic carbocycles. The number of benzene rings is 2. The van der Waals surface area contributed by atoms with E-state index < -0.39 is 6.04 Å². The highest BCUT2D eigenvalue weighted by atomic mass is 35.5. The zero-order valence-corrected chi connectivity index (χ0v) is 19.9. The molecule has 0 unspecified atom stereocenters. The van der Waals surface area contributed by atoms with Crippen LogP contribution in [0.25, 0.3) is 0 Å². The molecule has 0 aromatic heterocycles. The van der Waals surface area contributed by atoms with Crippen molar-refractivity contribution < 1.29 is 9.59 Å². The van der Waals surface area contributed by atoms with Crippen LogP contribution in [0.4, 0.5) is 0 Å². The first kappa shape index (κ1) is 24.9. The van der Waals surface area contributed by atoms with Crippen LogP contribution in [0.3, 0.4) is 0 Å². The van der Waals surface area contributed by atoms with Gasteiger partial charge < -0.3 is 10.2 Å². The smallest absolute Gasteiger partial charge is 0.242 e. The number of hydrogen-bond acceptors (Lipinski definition) is 2. The zero-order chi connectivity index (χ0) is 22.8. The lowest BCUT2D eigenvalue weighted by Crippen LogP contribution is -2.47. The predicted octanol–water partition coefficient (Wildman–Crippen LogP) is 5.73. The zero-order valence-electron chi connectivity index (χ0n) is 19.2. The highest BCUT2D eigenvalue weighted by molar-refractivity contribution is 6.31. The molecule has 2 aromatic rings. The third kappa shape index (κ3) is 7.70. The molecule has 0 fully saturated rings. The van der Waals surface area contributed by atoms with Gasteiger partial charge in [-0.15, -0.1) is 0 Å². The van der Waals surface area contributed by atoms with Crippen LogP contribution in [0.15, 0.2) is 48.5 Å². The molecule has 0 saturated carbocycles. The van der Waals surface area contributed by atoms with Gasteiger partial charge in [-0.05, 0) is 48.4 Å². The van der Waals surface area contributed by atoms with E-state index in [-0.39, 0.29) is 11.8 Å². The number of hydrogen-bond donors (Lipinski definition) is 1. The average Bonchev–Trinajstić information content (AvgIpc) is 2.76. The van der Waals surface area contributed by atoms with Gasteiger partial charge in [0.05, 0.1) is 0 Å². The Hall–Kier alpha value is -2.33. The van der Waals surface area contributed by atoms with Crippen molar-refractivity contribution in [3.05, 3.63) is 70.2 Å². The Morgan fingerprint density at radius 1 is 1.03 bits per heavy atom. The first-order valence-electron chi connectivity index (χ1n) is 11.2. The number of nitrogens with zero attached hydrogens (tertiary/aromatic N) is 1. The molecule has 1 atom stereocenters. The molecule has 0 spiro atoms. The van der Waals surface area contributed by atoms with E-state index in [1.54, 1.807) is 11.8 Å². The molecule has 2 rings (SSSR count). The van der Waals surface area contributed by atoms with Crippen molar-refractivity contribution >= 4 is 23.4 Å². The molecular weight excluding hydrogens is 408 g/mol. The van der Waals surface area contributed by atoms with Gasteiger partial charge in [0.15, 0.2) is 0 Å². The Morgan fingerprint density at radius 3 is 2.32 bits per heavy atom. The minimum Gasteiger partial charge on any atom is -0.354 e. The van der Waals surface area contributed by atoms with E-state index in [0.717, 1.165) is 24.0 Å². The summed E-state index contributed by atoms with van der Waals surface area (Å²) in [6.45, 7) is 9.13. The Balaban J connectivity index is 2.11. The van der Waals surface area contributed by atoms with Gasteiger partial charge in [-0.25, -0.2) is 0 Å². The van der Waals surface area contributed by atoms with Crippen molar-refractivity contribution in [1.82, 2.24) is 10.2 Å². The van der Waals surface area contributed by atoms with Gasteiger partial charge in [0.25, 0.3) is 0 Å². The molecule has 31 heavy (non-hydrogen) atoms. The first-order chi connectivity index (χ1) is 14.8. The normalized spacial score (nSPS) is 11.9. The number of unbranched alkanes of at least 4 members (excludes halogenated alkanes) is 1. The third-order valence-corrected chi connectivity index (χ3v) is 5.94. The lowest BCUT2D eigenvalue weighted by atomic mass is 10.00. The van der Waals surface area contributed by atoms with E-state index in [1.165, 1.54) is 5.56 Å². The standard InChI is InChI=1S/C26H35ClN2O2/c1-5-6-17-28-26(31)20(4)29(18-23-9-7-8-10-24(23)27)25(30)16-13-21-11-14-22(15-12-21)19(2)3/h7-12,14-15,19-20H,5-6,13,16-18H2,1-4H3,(H,28,31)/t20-/m1/s1. The number of nitrogens with one attached hydrogen (secondary N) is 1. The van der Waals surface area contributed by atoms with Crippen molar-refractivity contribution in [3.8, 4) is 0 Å². The topological polar surface area (TPSA) is 49.4 Å². The van der Waals surface area contributed by atoms with Crippen molar-refractivity contribution in [2.24, 2.45) is 0 Å². The quantitative estimate of drug-likeness (QED) is 0.452. The number of carbonyl (C=O) groups excluding carboxylic acids is 2. The van der Waals surface area contributed by atoms with Crippen LogP contribution in [0, 0.1) is 0 Å². The van der Waals surface area contributed by atoms with E-state index in [2.05, 4.69) is 50.4 Å². The molecule has 0 aliphatic heterocycles. The minimum atomic E-state index is -0.566. The van der Waals surface area contributed by atoms with Crippen molar-refractivity contribution in [1.29, 1.82) is 0 Å². The summed E-state index contributed by atoms with van der Waals surface area (Å²) in [5.41, 5.74) is 3.25. The highest BCUT2D eigenvalue weighted by Gasteiger charge is 2.26. The Morgan fingerprint density at radius 2 is 1.71 bits per heavy atom. The lowest BCUT2D eigenvalue weighted by molar-refractivity contribution is -0.140. The summed E-state index contributed by atoms with van der Waals surface area (Å²) in [6.07, 6.45) is 2.91. The van der Waals surface area contributed by atoms with Gasteiger partial charge >= 0.3 is 0 Å². The molecule has 0 heterocycles. The van der Waals surface area contributed by atoms with Crippen molar-refractivity contribution in [2.75, 3.05) is 6.54 Å². The van der Waals surface area contributed by atoms with Crippen molar-refractivity contribution in [3.63, 3.8) is 0 Å². The number of halogens is 1. The summed E-state index contributed by atoms with van der Waals surface area (Å²) in [7, 11) is 0. The highest BCUT2D eigenvalue weighted by Crippen LogP contribution is 2.20.